The van der Waals surface area contributed by atoms with Crippen molar-refractivity contribution in [1.82, 2.24) is 0 Å². The van der Waals surface area contributed by atoms with E-state index >= 15 is 0 Å². The van der Waals surface area contributed by atoms with Gasteiger partial charge in [0.25, 0.3) is 0 Å². The Morgan fingerprint density at radius 2 is 0.917 bits per heavy atom. The molecule has 0 rings (SSSR count). The number of carboxylic acid groups (broad SMARTS) is 1. The lowest BCUT2D eigenvalue weighted by atomic mass is 10.0. The third-order valence-electron chi connectivity index (χ3n) is 11.0. The fourth-order valence-electron chi connectivity index (χ4n) is 7.11. The van der Waals surface area contributed by atoms with E-state index in [2.05, 4.69) is 38.2 Å². The summed E-state index contributed by atoms with van der Waals surface area (Å²) in [5, 5.41) is 8.92. The summed E-state index contributed by atoms with van der Waals surface area (Å²) in [7, 11) is -4.62. The highest BCUT2D eigenvalue weighted by molar-refractivity contribution is 7.47. The van der Waals surface area contributed by atoms with E-state index in [0.717, 1.165) is 51.4 Å². The maximum absolute atomic E-state index is 12.7. The minimum absolute atomic E-state index is 0.0172. The molecule has 0 amide bonds. The molecule has 0 fully saturated rings. The summed E-state index contributed by atoms with van der Waals surface area (Å²) in [6, 6.07) is -1.47. The molecule has 3 atom stereocenters. The van der Waals surface area contributed by atoms with Crippen LogP contribution in [0.15, 0.2) is 24.3 Å². The van der Waals surface area contributed by atoms with Crippen molar-refractivity contribution in [2.24, 2.45) is 5.73 Å². The van der Waals surface area contributed by atoms with Crippen LogP contribution in [-0.2, 0) is 32.7 Å². The van der Waals surface area contributed by atoms with E-state index in [1.807, 2.05) is 0 Å². The van der Waals surface area contributed by atoms with Gasteiger partial charge >= 0.3 is 19.8 Å². The number of unbranched alkanes of at least 4 members (excludes halogenated alkanes) is 30. The van der Waals surface area contributed by atoms with Gasteiger partial charge in [0, 0.05) is 13.0 Å². The Kier molecular flexibility index (Phi) is 44.3. The zero-order chi connectivity index (χ0) is 44.0. The van der Waals surface area contributed by atoms with E-state index in [4.69, 9.17) is 29.4 Å². The molecule has 0 bridgehead atoms. The first kappa shape index (κ1) is 58.5. The lowest BCUT2D eigenvalue weighted by Gasteiger charge is -2.20. The number of ether oxygens (including phenoxy) is 2. The molecule has 0 aromatic heterocycles. The molecular formula is C49H94NO9P. The van der Waals surface area contributed by atoms with Gasteiger partial charge in [-0.15, -0.1) is 0 Å². The number of nitrogens with two attached hydrogens (primary N) is 1. The first-order chi connectivity index (χ1) is 29.2. The molecule has 3 unspecified atom stereocenters. The molecule has 0 aromatic carbocycles. The fraction of sp³-hybridized carbons (Fsp3) is 0.878. The molecule has 0 spiro atoms. The van der Waals surface area contributed by atoms with Gasteiger partial charge in [0.15, 0.2) is 0 Å². The van der Waals surface area contributed by atoms with E-state index in [1.54, 1.807) is 0 Å². The second-order valence-electron chi connectivity index (χ2n) is 17.0. The van der Waals surface area contributed by atoms with Crippen LogP contribution in [-0.4, -0.2) is 60.5 Å². The zero-order valence-electron chi connectivity index (χ0n) is 38.8. The number of hydrogen-bond acceptors (Lipinski definition) is 8. The second-order valence-corrected chi connectivity index (χ2v) is 18.4. The Bertz CT molecular complexity index is 1060. The van der Waals surface area contributed by atoms with Gasteiger partial charge in [0.2, 0.25) is 0 Å². The van der Waals surface area contributed by atoms with Crippen LogP contribution in [0.5, 0.6) is 0 Å². The third kappa shape index (κ3) is 44.5. The molecule has 0 radical (unpaired) electrons. The van der Waals surface area contributed by atoms with E-state index in [1.165, 1.54) is 167 Å². The Balaban J connectivity index is 4.14. The minimum Gasteiger partial charge on any atom is -0.480 e. The highest BCUT2D eigenvalue weighted by atomic mass is 31.2. The molecule has 4 N–H and O–H groups in total. The van der Waals surface area contributed by atoms with Gasteiger partial charge in [-0.1, -0.05) is 212 Å². The normalized spacial score (nSPS) is 13.9. The summed E-state index contributed by atoms with van der Waals surface area (Å²) < 4.78 is 33.5. The zero-order valence-corrected chi connectivity index (χ0v) is 39.7. The van der Waals surface area contributed by atoms with Gasteiger partial charge in [-0.25, -0.2) is 4.57 Å². The first-order valence-corrected chi connectivity index (χ1v) is 26.4. The van der Waals surface area contributed by atoms with Crippen LogP contribution < -0.4 is 5.73 Å². The molecule has 0 saturated carbocycles. The molecule has 0 saturated heterocycles. The third-order valence-corrected chi connectivity index (χ3v) is 11.9. The highest BCUT2D eigenvalue weighted by Gasteiger charge is 2.27. The highest BCUT2D eigenvalue weighted by Crippen LogP contribution is 2.43. The van der Waals surface area contributed by atoms with Gasteiger partial charge in [0.1, 0.15) is 12.1 Å². The number of carbonyl (C=O) groups is 2. The number of aliphatic carboxylic acids is 1. The van der Waals surface area contributed by atoms with Crippen LogP contribution in [0.25, 0.3) is 0 Å². The van der Waals surface area contributed by atoms with Crippen molar-refractivity contribution in [3.05, 3.63) is 24.3 Å². The second kappa shape index (κ2) is 45.5. The van der Waals surface area contributed by atoms with Crippen molar-refractivity contribution in [2.75, 3.05) is 26.4 Å². The lowest BCUT2D eigenvalue weighted by molar-refractivity contribution is -0.154. The quantitative estimate of drug-likeness (QED) is 0.0233. The smallest absolute Gasteiger partial charge is 0.472 e. The molecule has 0 aliphatic carbocycles. The molecule has 0 aliphatic heterocycles. The molecule has 10 nitrogen and oxygen atoms in total. The number of allylic oxidation sites excluding steroid dienone is 4. The number of phosphoric ester groups is 1. The van der Waals surface area contributed by atoms with Crippen molar-refractivity contribution in [2.45, 2.75) is 251 Å². The standard InChI is InChI=1S/C49H94NO9P/c1-3-5-7-9-11-13-15-17-19-21-23-25-27-29-31-33-35-37-39-41-48(51)59-46(44-57-60(54,55)58-45-47(50)49(52)53)43-56-42-40-38-36-34-32-30-28-26-24-22-20-18-16-14-12-10-8-6-4-2/h14,16,20,22,46-47H,3-13,15,17-19,21,23-45,50H2,1-2H3,(H,52,53)(H,54,55)/b16-14-,22-20-. The number of rotatable bonds is 48. The van der Waals surface area contributed by atoms with Gasteiger partial charge in [0.05, 0.1) is 19.8 Å². The molecule has 0 aromatic rings. The largest absolute Gasteiger partial charge is 0.480 e. The van der Waals surface area contributed by atoms with Gasteiger partial charge in [-0.3, -0.25) is 18.6 Å². The lowest BCUT2D eigenvalue weighted by Crippen LogP contribution is -2.34. The number of esters is 1. The monoisotopic (exact) mass is 872 g/mol. The Morgan fingerprint density at radius 1 is 0.533 bits per heavy atom. The Hall–Kier alpha value is -1.55. The molecule has 354 valence electrons. The van der Waals surface area contributed by atoms with E-state index in [0.29, 0.717) is 6.61 Å². The Labute approximate surface area is 368 Å². The van der Waals surface area contributed by atoms with E-state index in [9.17, 15) is 19.0 Å². The summed E-state index contributed by atoms with van der Waals surface area (Å²) in [4.78, 5) is 33.7. The summed E-state index contributed by atoms with van der Waals surface area (Å²) >= 11 is 0. The minimum atomic E-state index is -4.62. The topological polar surface area (TPSA) is 155 Å². The van der Waals surface area contributed by atoms with Crippen molar-refractivity contribution in [1.29, 1.82) is 0 Å². The predicted molar refractivity (Wildman–Crippen MR) is 249 cm³/mol. The average molecular weight is 872 g/mol. The number of carbonyl (C=O) groups excluding carboxylic acids is 1. The molecular weight excluding hydrogens is 778 g/mol. The van der Waals surface area contributed by atoms with Crippen LogP contribution in [0.3, 0.4) is 0 Å². The summed E-state index contributed by atoms with van der Waals surface area (Å²) in [6.07, 6.45) is 50.8. The predicted octanol–water partition coefficient (Wildman–Crippen LogP) is 14.3. The van der Waals surface area contributed by atoms with E-state index in [-0.39, 0.29) is 13.0 Å². The average Bonchev–Trinajstić information content (AvgIpc) is 3.23. The van der Waals surface area contributed by atoms with E-state index < -0.39 is 45.1 Å². The molecule has 0 aliphatic rings. The molecule has 11 heteroatoms. The SMILES string of the molecule is CCCCCC/C=C\C/C=C\CCCCCCCCCCOCC(COP(=O)(O)OCC(N)C(=O)O)OC(=O)CCCCCCCCCCCCCCCCCCCCC. The summed E-state index contributed by atoms with van der Waals surface area (Å²) in [5.74, 6) is -1.77. The number of phosphoric acid groups is 1. The van der Waals surface area contributed by atoms with Crippen LogP contribution in [0.2, 0.25) is 0 Å². The van der Waals surface area contributed by atoms with Crippen molar-refractivity contribution in [3.8, 4) is 0 Å². The van der Waals surface area contributed by atoms with Gasteiger partial charge < -0.3 is 25.2 Å². The van der Waals surface area contributed by atoms with Crippen molar-refractivity contribution in [3.63, 3.8) is 0 Å². The van der Waals surface area contributed by atoms with Gasteiger partial charge in [-0.05, 0) is 44.9 Å². The first-order valence-electron chi connectivity index (χ1n) is 24.9. The maximum Gasteiger partial charge on any atom is 0.472 e. The van der Waals surface area contributed by atoms with Crippen molar-refractivity contribution < 1.29 is 42.7 Å². The summed E-state index contributed by atoms with van der Waals surface area (Å²) in [5.41, 5.74) is 5.37. The van der Waals surface area contributed by atoms with Crippen LogP contribution in [0.1, 0.15) is 239 Å². The van der Waals surface area contributed by atoms with Crippen LogP contribution >= 0.6 is 7.82 Å². The number of carboxylic acids is 1. The molecule has 60 heavy (non-hydrogen) atoms. The van der Waals surface area contributed by atoms with Crippen molar-refractivity contribution >= 4 is 19.8 Å². The van der Waals surface area contributed by atoms with Crippen LogP contribution in [0.4, 0.5) is 0 Å². The fourth-order valence-corrected chi connectivity index (χ4v) is 7.88. The number of hydrogen-bond donors (Lipinski definition) is 3. The Morgan fingerprint density at radius 3 is 1.37 bits per heavy atom. The maximum atomic E-state index is 12.7. The van der Waals surface area contributed by atoms with Gasteiger partial charge in [-0.2, -0.15) is 0 Å². The molecule has 0 heterocycles. The van der Waals surface area contributed by atoms with Crippen LogP contribution in [0, 0.1) is 0 Å². The summed E-state index contributed by atoms with van der Waals surface area (Å²) in [6.45, 7) is 3.90.